The van der Waals surface area contributed by atoms with Crippen LogP contribution in [0.3, 0.4) is 0 Å². The van der Waals surface area contributed by atoms with Gasteiger partial charge in [0.05, 0.1) is 13.7 Å². The number of ether oxygens (including phenoxy) is 2. The summed E-state index contributed by atoms with van der Waals surface area (Å²) in [6.45, 7) is 1.65. The highest BCUT2D eigenvalue weighted by Gasteiger charge is 2.16. The van der Waals surface area contributed by atoms with E-state index in [-0.39, 0.29) is 18.4 Å². The maximum atomic E-state index is 14.0. The smallest absolute Gasteiger partial charge is 0.169 e. The first-order chi connectivity index (χ1) is 10.1. The van der Waals surface area contributed by atoms with E-state index in [0.717, 1.165) is 0 Å². The Morgan fingerprint density at radius 1 is 1.24 bits per heavy atom. The van der Waals surface area contributed by atoms with Crippen molar-refractivity contribution in [1.82, 2.24) is 0 Å². The third-order valence-corrected chi connectivity index (χ3v) is 3.11. The average molecular weight is 291 g/mol. The molecule has 1 unspecified atom stereocenters. The molecule has 4 nitrogen and oxygen atoms in total. The van der Waals surface area contributed by atoms with Crippen LogP contribution >= 0.6 is 0 Å². The maximum Gasteiger partial charge on any atom is 0.169 e. The molecule has 0 aromatic heterocycles. The molecule has 112 valence electrons. The van der Waals surface area contributed by atoms with Crippen molar-refractivity contribution in [1.29, 1.82) is 0 Å². The highest BCUT2D eigenvalue weighted by atomic mass is 19.1. The molecule has 0 amide bonds. The molecule has 21 heavy (non-hydrogen) atoms. The molecule has 5 heteroatoms. The molecule has 0 spiro atoms. The predicted octanol–water partition coefficient (Wildman–Crippen LogP) is 3.14. The zero-order valence-electron chi connectivity index (χ0n) is 12.0. The van der Waals surface area contributed by atoms with Crippen molar-refractivity contribution in [2.45, 2.75) is 19.6 Å². The van der Waals surface area contributed by atoms with Gasteiger partial charge in [-0.3, -0.25) is 0 Å². The average Bonchev–Trinajstić information content (AvgIpc) is 2.49. The Morgan fingerprint density at radius 2 is 2.00 bits per heavy atom. The number of aliphatic hydroxyl groups is 1. The third-order valence-electron chi connectivity index (χ3n) is 3.11. The molecule has 0 saturated heterocycles. The highest BCUT2D eigenvalue weighted by Crippen LogP contribution is 2.36. The van der Waals surface area contributed by atoms with Crippen molar-refractivity contribution in [3.05, 3.63) is 53.3 Å². The molecule has 0 radical (unpaired) electrons. The summed E-state index contributed by atoms with van der Waals surface area (Å²) in [7, 11) is 1.48. The van der Waals surface area contributed by atoms with Crippen LogP contribution < -0.4 is 15.2 Å². The van der Waals surface area contributed by atoms with Crippen molar-refractivity contribution in [3.8, 4) is 17.2 Å². The van der Waals surface area contributed by atoms with E-state index in [2.05, 4.69) is 0 Å². The lowest BCUT2D eigenvalue weighted by atomic mass is 10.1. The topological polar surface area (TPSA) is 64.7 Å². The predicted molar refractivity (Wildman–Crippen MR) is 78.0 cm³/mol. The molecule has 0 fully saturated rings. The lowest BCUT2D eigenvalue weighted by molar-refractivity contribution is 0.280. The second-order valence-corrected chi connectivity index (χ2v) is 4.69. The molecule has 0 aliphatic carbocycles. The van der Waals surface area contributed by atoms with Gasteiger partial charge >= 0.3 is 0 Å². The number of nitrogens with two attached hydrogens (primary N) is 1. The maximum absolute atomic E-state index is 14.0. The van der Waals surface area contributed by atoms with Crippen molar-refractivity contribution in [2.75, 3.05) is 7.11 Å². The van der Waals surface area contributed by atoms with E-state index in [1.807, 2.05) is 0 Å². The number of hydrogen-bond donors (Lipinski definition) is 2. The Kier molecular flexibility index (Phi) is 4.77. The van der Waals surface area contributed by atoms with Crippen LogP contribution in [0.15, 0.2) is 36.4 Å². The second kappa shape index (κ2) is 6.56. The Labute approximate surface area is 122 Å². The minimum atomic E-state index is -0.488. The Bertz CT molecular complexity index is 629. The summed E-state index contributed by atoms with van der Waals surface area (Å²) in [4.78, 5) is 0. The number of aliphatic hydroxyl groups excluding tert-OH is 1. The van der Waals surface area contributed by atoms with Crippen molar-refractivity contribution in [3.63, 3.8) is 0 Å². The van der Waals surface area contributed by atoms with Gasteiger partial charge in [0.2, 0.25) is 0 Å². The summed E-state index contributed by atoms with van der Waals surface area (Å²) in [5.41, 5.74) is 7.10. The van der Waals surface area contributed by atoms with Gasteiger partial charge in [0.1, 0.15) is 0 Å². The minimum Gasteiger partial charge on any atom is -0.493 e. The fourth-order valence-electron chi connectivity index (χ4n) is 2.00. The van der Waals surface area contributed by atoms with Crippen molar-refractivity contribution in [2.24, 2.45) is 5.73 Å². The van der Waals surface area contributed by atoms with E-state index in [9.17, 15) is 4.39 Å². The number of benzene rings is 2. The molecule has 1 atom stereocenters. The van der Waals surface area contributed by atoms with Gasteiger partial charge in [0, 0.05) is 11.6 Å². The highest BCUT2D eigenvalue weighted by molar-refractivity contribution is 5.47. The van der Waals surface area contributed by atoms with Crippen LogP contribution in [0.1, 0.15) is 24.1 Å². The Balaban J connectivity index is 2.43. The van der Waals surface area contributed by atoms with E-state index in [1.165, 1.54) is 13.2 Å². The Hall–Kier alpha value is -2.11. The minimum absolute atomic E-state index is 0.0857. The van der Waals surface area contributed by atoms with Gasteiger partial charge in [0.25, 0.3) is 0 Å². The normalized spacial score (nSPS) is 12.0. The molecule has 0 saturated carbocycles. The van der Waals surface area contributed by atoms with Gasteiger partial charge in [-0.25, -0.2) is 4.39 Å². The van der Waals surface area contributed by atoms with E-state index in [4.69, 9.17) is 20.3 Å². The van der Waals surface area contributed by atoms with Crippen molar-refractivity contribution < 1.29 is 19.0 Å². The molecule has 0 heterocycles. The Morgan fingerprint density at radius 3 is 2.62 bits per heavy atom. The summed E-state index contributed by atoms with van der Waals surface area (Å²) in [6.07, 6.45) is 0. The van der Waals surface area contributed by atoms with Crippen LogP contribution in [-0.2, 0) is 6.61 Å². The van der Waals surface area contributed by atoms with Crippen LogP contribution in [0.4, 0.5) is 4.39 Å². The molecule has 3 N–H and O–H groups in total. The van der Waals surface area contributed by atoms with Gasteiger partial charge in [0.15, 0.2) is 23.1 Å². The quantitative estimate of drug-likeness (QED) is 0.888. The number of para-hydroxylation sites is 1. The summed E-state index contributed by atoms with van der Waals surface area (Å²) in [5.74, 6) is 0.378. The number of hydrogen-bond acceptors (Lipinski definition) is 4. The summed E-state index contributed by atoms with van der Waals surface area (Å²) in [6, 6.07) is 9.21. The summed E-state index contributed by atoms with van der Waals surface area (Å²) in [5, 5.41) is 9.13. The van der Waals surface area contributed by atoms with E-state index >= 15 is 0 Å². The van der Waals surface area contributed by atoms with Crippen LogP contribution in [-0.4, -0.2) is 12.2 Å². The van der Waals surface area contributed by atoms with Gasteiger partial charge < -0.3 is 20.3 Å². The summed E-state index contributed by atoms with van der Waals surface area (Å²) >= 11 is 0. The zero-order chi connectivity index (χ0) is 15.4. The number of methoxy groups -OCH3 is 1. The molecule has 0 bridgehead atoms. The first kappa shape index (κ1) is 15.3. The fourth-order valence-corrected chi connectivity index (χ4v) is 2.00. The van der Waals surface area contributed by atoms with Gasteiger partial charge in [-0.2, -0.15) is 0 Å². The molecule has 2 aromatic carbocycles. The molecule has 0 aliphatic heterocycles. The zero-order valence-corrected chi connectivity index (χ0v) is 12.0. The lowest BCUT2D eigenvalue weighted by Gasteiger charge is -2.16. The third kappa shape index (κ3) is 3.32. The number of rotatable bonds is 5. The van der Waals surface area contributed by atoms with Crippen molar-refractivity contribution >= 4 is 0 Å². The first-order valence-corrected chi connectivity index (χ1v) is 6.56. The largest absolute Gasteiger partial charge is 0.493 e. The molecular formula is C16H18FNO3. The van der Waals surface area contributed by atoms with E-state index in [0.29, 0.717) is 22.6 Å². The van der Waals surface area contributed by atoms with E-state index in [1.54, 1.807) is 37.3 Å². The van der Waals surface area contributed by atoms with E-state index < -0.39 is 5.82 Å². The first-order valence-electron chi connectivity index (χ1n) is 6.56. The van der Waals surface area contributed by atoms with Crippen LogP contribution in [0.25, 0.3) is 0 Å². The lowest BCUT2D eigenvalue weighted by Crippen LogP contribution is -2.08. The standard InChI is InChI=1S/C16H18FNO3/c1-10(18)12-4-3-5-13(17)16(12)21-14-7-6-11(9-19)8-15(14)20-2/h3-8,10,19H,9,18H2,1-2H3. The second-order valence-electron chi connectivity index (χ2n) is 4.69. The van der Waals surface area contributed by atoms with Crippen LogP contribution in [0.5, 0.6) is 17.2 Å². The molecule has 2 rings (SSSR count). The molecule has 0 aliphatic rings. The molecule has 2 aromatic rings. The van der Waals surface area contributed by atoms with Gasteiger partial charge in [-0.1, -0.05) is 18.2 Å². The van der Waals surface area contributed by atoms with Gasteiger partial charge in [-0.15, -0.1) is 0 Å². The SMILES string of the molecule is COc1cc(CO)ccc1Oc1c(F)cccc1C(C)N. The summed E-state index contributed by atoms with van der Waals surface area (Å²) < 4.78 is 24.9. The van der Waals surface area contributed by atoms with Crippen LogP contribution in [0.2, 0.25) is 0 Å². The van der Waals surface area contributed by atoms with Gasteiger partial charge in [-0.05, 0) is 30.7 Å². The molecular weight excluding hydrogens is 273 g/mol. The van der Waals surface area contributed by atoms with Crippen LogP contribution in [0, 0.1) is 5.82 Å². The fraction of sp³-hybridized carbons (Fsp3) is 0.250. The monoisotopic (exact) mass is 291 g/mol. The number of halogens is 1.